The van der Waals surface area contributed by atoms with Crippen molar-refractivity contribution in [3.63, 3.8) is 0 Å². The minimum atomic E-state index is 0.955. The van der Waals surface area contributed by atoms with Gasteiger partial charge in [-0.25, -0.2) is 0 Å². The Balaban J connectivity index is 0.000000161. The summed E-state index contributed by atoms with van der Waals surface area (Å²) >= 11 is 0. The van der Waals surface area contributed by atoms with Gasteiger partial charge in [0.2, 0.25) is 0 Å². The molecular formula is C72H96. The van der Waals surface area contributed by atoms with Crippen LogP contribution < -0.4 is 0 Å². The van der Waals surface area contributed by atoms with Crippen molar-refractivity contribution in [2.75, 3.05) is 0 Å². The van der Waals surface area contributed by atoms with E-state index in [2.05, 4.69) is 260 Å². The lowest BCUT2D eigenvalue weighted by atomic mass is 9.71. The lowest BCUT2D eigenvalue weighted by Gasteiger charge is -2.35. The Bertz CT molecular complexity index is 2800. The Morgan fingerprint density at radius 1 is 0.250 bits per heavy atom. The van der Waals surface area contributed by atoms with Gasteiger partial charge in [0, 0.05) is 0 Å². The molecule has 2 aliphatic carbocycles. The molecule has 4 unspecified atom stereocenters. The van der Waals surface area contributed by atoms with Crippen molar-refractivity contribution in [3.8, 4) is 0 Å². The summed E-state index contributed by atoms with van der Waals surface area (Å²) in [5, 5.41) is 10.9. The van der Waals surface area contributed by atoms with E-state index in [1.54, 1.807) is 0 Å². The number of fused-ring (bicyclic) bond motifs is 4. The van der Waals surface area contributed by atoms with E-state index in [1.807, 2.05) is 0 Å². The van der Waals surface area contributed by atoms with Gasteiger partial charge in [-0.2, -0.15) is 0 Å². The first-order valence-corrected chi connectivity index (χ1v) is 27.8. The zero-order valence-electron chi connectivity index (χ0n) is 49.0. The first kappa shape index (κ1) is 57.7. The summed E-state index contributed by atoms with van der Waals surface area (Å²) in [6.45, 7) is 45.1. The van der Waals surface area contributed by atoms with Crippen LogP contribution in [0.5, 0.6) is 0 Å². The van der Waals surface area contributed by atoms with Crippen LogP contribution in [-0.2, 0) is 0 Å². The van der Waals surface area contributed by atoms with Gasteiger partial charge in [-0.3, -0.25) is 0 Å². The SMILES string of the molecule is CC1CC(C)C(C)C(C)C1.CC1CC(C)C(C)C(C)C1.Cc1ccc2c(C)c(C)ccc2c1.Cc1ccc2c(C)c(C)ccc2c1.Cc1ccc2c(C)c(C)ccc2c1C.Cc1ccc2cc(C)ccc2c1. The highest BCUT2D eigenvalue weighted by Gasteiger charge is 2.28. The Kier molecular flexibility index (Phi) is 21.0. The maximum atomic E-state index is 2.40. The predicted molar refractivity (Wildman–Crippen MR) is 324 cm³/mol. The Hall–Kier alpha value is -5.20. The second-order valence-electron chi connectivity index (χ2n) is 23.7. The molecule has 0 amide bonds. The minimum absolute atomic E-state index is 0.955. The number of benzene rings is 8. The van der Waals surface area contributed by atoms with Crippen LogP contribution >= 0.6 is 0 Å². The minimum Gasteiger partial charge on any atom is -0.0625 e. The highest BCUT2D eigenvalue weighted by atomic mass is 14.3. The molecule has 0 aliphatic heterocycles. The van der Waals surface area contributed by atoms with Crippen LogP contribution in [0.2, 0.25) is 0 Å². The van der Waals surface area contributed by atoms with Crippen molar-refractivity contribution in [3.05, 3.63) is 188 Å². The number of hydrogen-bond donors (Lipinski definition) is 0. The monoisotopic (exact) mass is 961 g/mol. The maximum Gasteiger partial charge on any atom is -0.0149 e. The second-order valence-corrected chi connectivity index (χ2v) is 23.7. The van der Waals surface area contributed by atoms with Gasteiger partial charge < -0.3 is 0 Å². The van der Waals surface area contributed by atoms with Crippen LogP contribution in [0.1, 0.15) is 148 Å². The van der Waals surface area contributed by atoms with Crippen LogP contribution in [0.3, 0.4) is 0 Å². The molecule has 2 fully saturated rings. The first-order chi connectivity index (χ1) is 33.9. The van der Waals surface area contributed by atoms with Gasteiger partial charge in [-0.1, -0.05) is 199 Å². The summed E-state index contributed by atoms with van der Waals surface area (Å²) < 4.78 is 0. The fourth-order valence-corrected chi connectivity index (χ4v) is 11.5. The fraction of sp³-hybridized carbons (Fsp3) is 0.444. The normalized spacial score (nSPS) is 21.4. The third kappa shape index (κ3) is 15.4. The van der Waals surface area contributed by atoms with E-state index in [-0.39, 0.29) is 0 Å². The van der Waals surface area contributed by atoms with E-state index in [1.165, 1.54) is 136 Å². The van der Waals surface area contributed by atoms with Crippen molar-refractivity contribution in [2.45, 2.75) is 164 Å². The molecule has 0 aromatic heterocycles. The van der Waals surface area contributed by atoms with E-state index in [4.69, 9.17) is 0 Å². The average Bonchev–Trinajstić information content (AvgIpc) is 3.33. The number of rotatable bonds is 0. The molecule has 10 rings (SSSR count). The van der Waals surface area contributed by atoms with Gasteiger partial charge in [0.1, 0.15) is 0 Å². The number of hydrogen-bond acceptors (Lipinski definition) is 0. The summed E-state index contributed by atoms with van der Waals surface area (Å²) in [6.07, 6.45) is 5.80. The van der Waals surface area contributed by atoms with E-state index in [0.717, 1.165) is 47.3 Å². The van der Waals surface area contributed by atoms with Crippen molar-refractivity contribution in [1.82, 2.24) is 0 Å². The molecule has 2 aliphatic rings. The van der Waals surface area contributed by atoms with Crippen LogP contribution in [-0.4, -0.2) is 0 Å². The van der Waals surface area contributed by atoms with E-state index < -0.39 is 0 Å². The maximum absolute atomic E-state index is 2.40. The molecule has 0 radical (unpaired) electrons. The molecule has 8 aromatic carbocycles. The standard InChI is InChI=1S/C14H16.2C13H14.C12H12.2C10H20/c1-9-5-7-14-12(4)10(2)6-8-13(14)11(9)3;2*1-9-4-7-13-11(3)10(2)5-6-12(13)8-9;1-9-3-5-12-8-10(2)4-6-11(12)7-9;2*1-7-5-8(2)10(4)9(3)6-7/h5-8H,1-4H3;2*4-8H,1-3H3;3-8H,1-2H3;2*7-10H,5-6H2,1-4H3. The molecule has 0 spiro atoms. The van der Waals surface area contributed by atoms with Gasteiger partial charge in [-0.05, 0) is 244 Å². The van der Waals surface area contributed by atoms with Gasteiger partial charge in [0.25, 0.3) is 0 Å². The second kappa shape index (κ2) is 26.1. The molecule has 0 heterocycles. The summed E-state index contributed by atoms with van der Waals surface area (Å²) in [7, 11) is 0. The third-order valence-electron chi connectivity index (χ3n) is 17.6. The van der Waals surface area contributed by atoms with Crippen molar-refractivity contribution < 1.29 is 0 Å². The molecule has 0 saturated heterocycles. The van der Waals surface area contributed by atoms with Crippen molar-refractivity contribution in [1.29, 1.82) is 0 Å². The number of aryl methyl sites for hydroxylation is 12. The molecule has 0 N–H and O–H groups in total. The zero-order chi connectivity index (χ0) is 53.1. The molecule has 0 bridgehead atoms. The van der Waals surface area contributed by atoms with E-state index >= 15 is 0 Å². The molecule has 8 aromatic rings. The van der Waals surface area contributed by atoms with Crippen molar-refractivity contribution >= 4 is 43.1 Å². The fourth-order valence-electron chi connectivity index (χ4n) is 11.5. The summed E-state index contributed by atoms with van der Waals surface area (Å²) in [5.41, 5.74) is 16.4. The van der Waals surface area contributed by atoms with E-state index in [0.29, 0.717) is 0 Å². The smallest absolute Gasteiger partial charge is 0.0149 e. The molecule has 384 valence electrons. The molecule has 0 heteroatoms. The predicted octanol–water partition coefficient (Wildman–Crippen LogP) is 21.7. The average molecular weight is 962 g/mol. The Labute approximate surface area is 440 Å². The zero-order valence-corrected chi connectivity index (χ0v) is 49.0. The highest BCUT2D eigenvalue weighted by molar-refractivity contribution is 5.90. The van der Waals surface area contributed by atoms with Gasteiger partial charge in [0.15, 0.2) is 0 Å². The van der Waals surface area contributed by atoms with Crippen molar-refractivity contribution in [2.24, 2.45) is 47.3 Å². The van der Waals surface area contributed by atoms with Crippen LogP contribution in [0.15, 0.2) is 121 Å². The largest absolute Gasteiger partial charge is 0.0625 e. The molecular weight excluding hydrogens is 865 g/mol. The lowest BCUT2D eigenvalue weighted by Crippen LogP contribution is -2.26. The summed E-state index contributed by atoms with van der Waals surface area (Å²) in [6, 6.07) is 44.0. The quantitative estimate of drug-likeness (QED) is 0.142. The molecule has 72 heavy (non-hydrogen) atoms. The van der Waals surface area contributed by atoms with Gasteiger partial charge in [0.05, 0.1) is 0 Å². The van der Waals surface area contributed by atoms with Gasteiger partial charge in [-0.15, -0.1) is 0 Å². The Morgan fingerprint density at radius 2 is 0.472 bits per heavy atom. The molecule has 0 nitrogen and oxygen atoms in total. The van der Waals surface area contributed by atoms with Crippen LogP contribution in [0, 0.1) is 130 Å². The summed E-state index contributed by atoms with van der Waals surface area (Å²) in [5.74, 6) is 7.68. The van der Waals surface area contributed by atoms with Gasteiger partial charge >= 0.3 is 0 Å². The topological polar surface area (TPSA) is 0 Å². The first-order valence-electron chi connectivity index (χ1n) is 27.8. The molecule has 4 atom stereocenters. The van der Waals surface area contributed by atoms with Crippen LogP contribution in [0.4, 0.5) is 0 Å². The molecule has 2 saturated carbocycles. The van der Waals surface area contributed by atoms with Crippen LogP contribution in [0.25, 0.3) is 43.1 Å². The summed E-state index contributed by atoms with van der Waals surface area (Å²) in [4.78, 5) is 0. The third-order valence-corrected chi connectivity index (χ3v) is 17.6. The lowest BCUT2D eigenvalue weighted by molar-refractivity contribution is 0.151. The van der Waals surface area contributed by atoms with E-state index in [9.17, 15) is 0 Å². The highest BCUT2D eigenvalue weighted by Crippen LogP contribution is 2.38. The Morgan fingerprint density at radius 3 is 0.778 bits per heavy atom.